The monoisotopic (exact) mass is 428 g/mol. The van der Waals surface area contributed by atoms with Gasteiger partial charge in [0.05, 0.1) is 33.5 Å². The van der Waals surface area contributed by atoms with Crippen molar-refractivity contribution >= 4 is 17.8 Å². The highest BCUT2D eigenvalue weighted by Crippen LogP contribution is 2.39. The van der Waals surface area contributed by atoms with Crippen molar-refractivity contribution in [3.05, 3.63) is 47.2 Å². The van der Waals surface area contributed by atoms with E-state index >= 15 is 0 Å². The average Bonchev–Trinajstić information content (AvgIpc) is 3.08. The maximum atomic E-state index is 12.8. The summed E-state index contributed by atoms with van der Waals surface area (Å²) in [5.41, 5.74) is 0.977. The summed E-state index contributed by atoms with van der Waals surface area (Å²) in [6.07, 6.45) is 0.784. The van der Waals surface area contributed by atoms with Gasteiger partial charge in [0.1, 0.15) is 17.2 Å². The van der Waals surface area contributed by atoms with Gasteiger partial charge in [-0.25, -0.2) is 4.79 Å². The van der Waals surface area contributed by atoms with E-state index in [-0.39, 0.29) is 18.1 Å². The molecule has 164 valence electrons. The molecule has 0 bridgehead atoms. The third-order valence-electron chi connectivity index (χ3n) is 4.60. The third-order valence-corrected chi connectivity index (χ3v) is 4.60. The Morgan fingerprint density at radius 1 is 1.03 bits per heavy atom. The molecule has 0 spiro atoms. The number of fused-ring (bicyclic) bond motifs is 1. The SMILES string of the molecule is CCOC(=O)C(C)Oc1ccc2c(c1)OC(=Cc1cc(OC)c(OC)cc1OC)C2=O. The molecule has 0 saturated carbocycles. The molecule has 0 aromatic heterocycles. The van der Waals surface area contributed by atoms with E-state index < -0.39 is 12.1 Å². The van der Waals surface area contributed by atoms with Crippen molar-refractivity contribution in [3.63, 3.8) is 0 Å². The van der Waals surface area contributed by atoms with Gasteiger partial charge in [0, 0.05) is 17.7 Å². The molecule has 1 aliphatic heterocycles. The van der Waals surface area contributed by atoms with Gasteiger partial charge in [-0.15, -0.1) is 0 Å². The molecule has 3 rings (SSSR count). The van der Waals surface area contributed by atoms with Crippen molar-refractivity contribution in [3.8, 4) is 28.7 Å². The molecule has 0 fully saturated rings. The lowest BCUT2D eigenvalue weighted by Gasteiger charge is -2.13. The van der Waals surface area contributed by atoms with Crippen LogP contribution >= 0.6 is 0 Å². The molecular formula is C23H24O8. The van der Waals surface area contributed by atoms with Crippen LogP contribution in [0.5, 0.6) is 28.7 Å². The first-order valence-corrected chi connectivity index (χ1v) is 9.63. The van der Waals surface area contributed by atoms with Crippen molar-refractivity contribution < 1.29 is 38.0 Å². The van der Waals surface area contributed by atoms with Crippen LogP contribution in [-0.4, -0.2) is 45.8 Å². The number of methoxy groups -OCH3 is 3. The minimum Gasteiger partial charge on any atom is -0.496 e. The number of carbonyl (C=O) groups excluding carboxylic acids is 2. The number of esters is 1. The van der Waals surface area contributed by atoms with Gasteiger partial charge in [-0.05, 0) is 38.1 Å². The molecule has 0 radical (unpaired) electrons. The Bertz CT molecular complexity index is 1020. The molecule has 0 N–H and O–H groups in total. The molecular weight excluding hydrogens is 404 g/mol. The van der Waals surface area contributed by atoms with Crippen LogP contribution in [0.1, 0.15) is 29.8 Å². The van der Waals surface area contributed by atoms with Crippen molar-refractivity contribution in [2.75, 3.05) is 27.9 Å². The number of Topliss-reactive ketones (excluding diaryl/α,β-unsaturated/α-hetero) is 1. The number of ether oxygens (including phenoxy) is 6. The van der Waals surface area contributed by atoms with Gasteiger partial charge in [-0.3, -0.25) is 4.79 Å². The Morgan fingerprint density at radius 3 is 2.35 bits per heavy atom. The lowest BCUT2D eigenvalue weighted by atomic mass is 10.1. The zero-order valence-corrected chi connectivity index (χ0v) is 18.0. The maximum Gasteiger partial charge on any atom is 0.347 e. The van der Waals surface area contributed by atoms with Gasteiger partial charge in [0.2, 0.25) is 5.78 Å². The molecule has 0 amide bonds. The predicted octanol–water partition coefficient (Wildman–Crippen LogP) is 3.66. The molecule has 1 atom stereocenters. The summed E-state index contributed by atoms with van der Waals surface area (Å²) >= 11 is 0. The predicted molar refractivity (Wildman–Crippen MR) is 112 cm³/mol. The molecule has 1 aliphatic rings. The van der Waals surface area contributed by atoms with Crippen molar-refractivity contribution in [2.45, 2.75) is 20.0 Å². The van der Waals surface area contributed by atoms with Crippen LogP contribution < -0.4 is 23.7 Å². The first-order chi connectivity index (χ1) is 14.9. The number of hydrogen-bond acceptors (Lipinski definition) is 8. The summed E-state index contributed by atoms with van der Waals surface area (Å²) in [7, 11) is 4.56. The average molecular weight is 428 g/mol. The second-order valence-electron chi connectivity index (χ2n) is 6.56. The Morgan fingerprint density at radius 2 is 1.71 bits per heavy atom. The zero-order valence-electron chi connectivity index (χ0n) is 18.0. The van der Waals surface area contributed by atoms with Crippen molar-refractivity contribution in [2.24, 2.45) is 0 Å². The van der Waals surface area contributed by atoms with Gasteiger partial charge in [-0.2, -0.15) is 0 Å². The fourth-order valence-corrected chi connectivity index (χ4v) is 3.06. The second kappa shape index (κ2) is 9.42. The summed E-state index contributed by atoms with van der Waals surface area (Å²) in [5.74, 6) is 1.57. The maximum absolute atomic E-state index is 12.8. The summed E-state index contributed by atoms with van der Waals surface area (Å²) in [6, 6.07) is 8.13. The lowest BCUT2D eigenvalue weighted by molar-refractivity contribution is -0.150. The van der Waals surface area contributed by atoms with E-state index in [0.717, 1.165) is 0 Å². The highest BCUT2D eigenvalue weighted by molar-refractivity contribution is 6.14. The minimum atomic E-state index is -0.791. The van der Waals surface area contributed by atoms with E-state index in [1.807, 2.05) is 0 Å². The highest BCUT2D eigenvalue weighted by atomic mass is 16.6. The first-order valence-electron chi connectivity index (χ1n) is 9.63. The molecule has 0 aliphatic carbocycles. The minimum absolute atomic E-state index is 0.121. The Hall–Kier alpha value is -3.68. The Kier molecular flexibility index (Phi) is 6.69. The van der Waals surface area contributed by atoms with E-state index in [9.17, 15) is 9.59 Å². The Balaban J connectivity index is 1.87. The fourth-order valence-electron chi connectivity index (χ4n) is 3.06. The summed E-state index contributed by atoms with van der Waals surface area (Å²) < 4.78 is 32.3. The summed E-state index contributed by atoms with van der Waals surface area (Å²) in [6.45, 7) is 3.58. The molecule has 31 heavy (non-hydrogen) atoms. The van der Waals surface area contributed by atoms with E-state index in [4.69, 9.17) is 28.4 Å². The second-order valence-corrected chi connectivity index (χ2v) is 6.56. The van der Waals surface area contributed by atoms with E-state index in [0.29, 0.717) is 39.9 Å². The number of carbonyl (C=O) groups is 2. The molecule has 2 aromatic rings. The lowest BCUT2D eigenvalue weighted by Crippen LogP contribution is -2.26. The van der Waals surface area contributed by atoms with Crippen LogP contribution in [-0.2, 0) is 9.53 Å². The number of ketones is 1. The van der Waals surface area contributed by atoms with Gasteiger partial charge < -0.3 is 28.4 Å². The number of hydrogen-bond donors (Lipinski definition) is 0. The quantitative estimate of drug-likeness (QED) is 0.465. The highest BCUT2D eigenvalue weighted by Gasteiger charge is 2.29. The van der Waals surface area contributed by atoms with Crippen molar-refractivity contribution in [1.82, 2.24) is 0 Å². The van der Waals surface area contributed by atoms with Gasteiger partial charge in [0.15, 0.2) is 23.4 Å². The summed E-state index contributed by atoms with van der Waals surface area (Å²) in [4.78, 5) is 24.6. The normalized spacial score (nSPS) is 14.5. The van der Waals surface area contributed by atoms with Crippen LogP contribution in [0.15, 0.2) is 36.1 Å². The topological polar surface area (TPSA) is 89.5 Å². The summed E-state index contributed by atoms with van der Waals surface area (Å²) in [5, 5.41) is 0. The van der Waals surface area contributed by atoms with Crippen LogP contribution in [0, 0.1) is 0 Å². The number of allylic oxidation sites excluding steroid dienone is 1. The molecule has 8 heteroatoms. The molecule has 8 nitrogen and oxygen atoms in total. The molecule has 0 saturated heterocycles. The smallest absolute Gasteiger partial charge is 0.347 e. The van der Waals surface area contributed by atoms with Crippen LogP contribution in [0.2, 0.25) is 0 Å². The zero-order chi connectivity index (χ0) is 22.5. The number of rotatable bonds is 8. The van der Waals surface area contributed by atoms with Crippen molar-refractivity contribution in [1.29, 1.82) is 0 Å². The standard InChI is InChI=1S/C23H24O8/c1-6-29-23(25)13(2)30-15-7-8-16-18(11-15)31-21(22(16)24)10-14-9-19(27-4)20(28-5)12-17(14)26-3/h7-13H,6H2,1-5H3. The van der Waals surface area contributed by atoms with Gasteiger partial charge in [0.25, 0.3) is 0 Å². The van der Waals surface area contributed by atoms with E-state index in [1.54, 1.807) is 50.3 Å². The fraction of sp³-hybridized carbons (Fsp3) is 0.304. The van der Waals surface area contributed by atoms with Crippen LogP contribution in [0.4, 0.5) is 0 Å². The third kappa shape index (κ3) is 4.58. The first kappa shape index (κ1) is 22.0. The van der Waals surface area contributed by atoms with Crippen LogP contribution in [0.3, 0.4) is 0 Å². The van der Waals surface area contributed by atoms with Crippen LogP contribution in [0.25, 0.3) is 6.08 Å². The van der Waals surface area contributed by atoms with E-state index in [1.165, 1.54) is 21.3 Å². The molecule has 2 aromatic carbocycles. The number of benzene rings is 2. The van der Waals surface area contributed by atoms with Gasteiger partial charge >= 0.3 is 5.97 Å². The van der Waals surface area contributed by atoms with E-state index in [2.05, 4.69) is 0 Å². The molecule has 1 unspecified atom stereocenters. The Labute approximate surface area is 180 Å². The largest absolute Gasteiger partial charge is 0.496 e. The molecule has 1 heterocycles. The van der Waals surface area contributed by atoms with Gasteiger partial charge in [-0.1, -0.05) is 0 Å².